The Bertz CT molecular complexity index is 1220. The van der Waals surface area contributed by atoms with Crippen molar-refractivity contribution in [1.82, 2.24) is 14.8 Å². The molecular weight excluding hydrogens is 443 g/mol. The van der Waals surface area contributed by atoms with E-state index in [9.17, 15) is 32.7 Å². The summed E-state index contributed by atoms with van der Waals surface area (Å²) < 4.78 is 47.6. The number of nitrogens with zero attached hydrogens (tertiary/aromatic N) is 2. The van der Waals surface area contributed by atoms with Crippen LogP contribution in [0.3, 0.4) is 0 Å². The fourth-order valence-electron chi connectivity index (χ4n) is 4.12. The second-order valence-corrected chi connectivity index (χ2v) is 7.86. The van der Waals surface area contributed by atoms with E-state index in [4.69, 9.17) is 4.74 Å². The third-order valence-corrected chi connectivity index (χ3v) is 5.91. The van der Waals surface area contributed by atoms with E-state index in [1.54, 1.807) is 19.1 Å². The van der Waals surface area contributed by atoms with Crippen LogP contribution < -0.4 is 10.7 Å². The molecule has 33 heavy (non-hydrogen) atoms. The number of aromatic nitrogens is 1. The van der Waals surface area contributed by atoms with Crippen molar-refractivity contribution >= 4 is 11.8 Å². The highest BCUT2D eigenvalue weighted by molar-refractivity contribution is 5.99. The number of amides is 2. The van der Waals surface area contributed by atoms with Gasteiger partial charge in [-0.05, 0) is 6.92 Å². The molecule has 3 heterocycles. The lowest BCUT2D eigenvalue weighted by Crippen LogP contribution is -2.49. The number of carbonyl (C=O) groups is 2. The third-order valence-electron chi connectivity index (χ3n) is 5.91. The van der Waals surface area contributed by atoms with Crippen LogP contribution in [0.1, 0.15) is 39.4 Å². The minimum Gasteiger partial charge on any atom is -0.503 e. The first-order chi connectivity index (χ1) is 15.6. The van der Waals surface area contributed by atoms with Crippen molar-refractivity contribution in [3.63, 3.8) is 0 Å². The number of aromatic hydroxyl groups is 1. The van der Waals surface area contributed by atoms with Gasteiger partial charge < -0.3 is 24.6 Å². The SMILES string of the molecule is CO[C@@H]1C=C[C@H](C)N2CC1n1cc(C(=O)NCc3c(F)cc(F)cc3F)c(=O)c(O)c1C2=O. The first-order valence-electron chi connectivity index (χ1n) is 10.1. The molecule has 0 radical (unpaired) electrons. The summed E-state index contributed by atoms with van der Waals surface area (Å²) in [5.41, 5.74) is -2.51. The van der Waals surface area contributed by atoms with E-state index in [-0.39, 0.29) is 18.3 Å². The minimum absolute atomic E-state index is 0.202. The van der Waals surface area contributed by atoms with Crippen LogP contribution in [0.25, 0.3) is 0 Å². The first-order valence-corrected chi connectivity index (χ1v) is 10.1. The number of halogens is 3. The highest BCUT2D eigenvalue weighted by atomic mass is 19.1. The van der Waals surface area contributed by atoms with Gasteiger partial charge in [-0.1, -0.05) is 12.2 Å². The van der Waals surface area contributed by atoms with Crippen molar-refractivity contribution in [3.8, 4) is 5.75 Å². The van der Waals surface area contributed by atoms with E-state index in [2.05, 4.69) is 5.32 Å². The second kappa shape index (κ2) is 8.39. The maximum absolute atomic E-state index is 13.9. The van der Waals surface area contributed by atoms with Crippen molar-refractivity contribution < 1.29 is 32.6 Å². The Hall–Kier alpha value is -3.60. The molecule has 0 saturated carbocycles. The summed E-state index contributed by atoms with van der Waals surface area (Å²) in [5.74, 6) is -6.05. The average molecular weight is 463 g/mol. The summed E-state index contributed by atoms with van der Waals surface area (Å²) in [6.07, 6.45) is 4.13. The number of benzene rings is 1. The van der Waals surface area contributed by atoms with Gasteiger partial charge in [0.25, 0.3) is 11.8 Å². The molecule has 2 aliphatic heterocycles. The summed E-state index contributed by atoms with van der Waals surface area (Å²) in [6.45, 7) is 1.31. The van der Waals surface area contributed by atoms with Gasteiger partial charge in [-0.15, -0.1) is 0 Å². The normalized spacial score (nSPS) is 21.5. The second-order valence-electron chi connectivity index (χ2n) is 7.86. The number of fused-ring (bicyclic) bond motifs is 4. The van der Waals surface area contributed by atoms with Crippen molar-refractivity contribution in [2.45, 2.75) is 31.7 Å². The molecule has 2 N–H and O–H groups in total. The monoisotopic (exact) mass is 463 g/mol. The number of pyridine rings is 1. The fourth-order valence-corrected chi connectivity index (χ4v) is 4.12. The van der Waals surface area contributed by atoms with Gasteiger partial charge in [-0.25, -0.2) is 13.2 Å². The summed E-state index contributed by atoms with van der Waals surface area (Å²) in [6, 6.07) is 0.0702. The molecule has 2 amide bonds. The fraction of sp³-hybridized carbons (Fsp3) is 0.318. The number of hydrogen-bond donors (Lipinski definition) is 2. The molecule has 0 aliphatic carbocycles. The smallest absolute Gasteiger partial charge is 0.275 e. The molecule has 4 rings (SSSR count). The average Bonchev–Trinajstić information content (AvgIpc) is 2.90. The van der Waals surface area contributed by atoms with Crippen molar-refractivity contribution in [3.05, 3.63) is 75.0 Å². The zero-order chi connectivity index (χ0) is 24.0. The van der Waals surface area contributed by atoms with Gasteiger partial charge in [-0.2, -0.15) is 0 Å². The molecule has 0 saturated heterocycles. The summed E-state index contributed by atoms with van der Waals surface area (Å²) in [4.78, 5) is 39.9. The summed E-state index contributed by atoms with van der Waals surface area (Å²) >= 11 is 0. The Kier molecular flexibility index (Phi) is 5.75. The molecule has 0 spiro atoms. The predicted molar refractivity (Wildman–Crippen MR) is 109 cm³/mol. The van der Waals surface area contributed by atoms with Crippen molar-refractivity contribution in [2.24, 2.45) is 0 Å². The Morgan fingerprint density at radius 2 is 1.88 bits per heavy atom. The van der Waals surface area contributed by atoms with Gasteiger partial charge in [-0.3, -0.25) is 14.4 Å². The van der Waals surface area contributed by atoms with Crippen LogP contribution in [0.15, 0.2) is 35.3 Å². The molecule has 1 aromatic carbocycles. The van der Waals surface area contributed by atoms with Gasteiger partial charge in [0, 0.05) is 50.1 Å². The lowest BCUT2D eigenvalue weighted by atomic mass is 10.0. The Morgan fingerprint density at radius 1 is 1.21 bits per heavy atom. The van der Waals surface area contributed by atoms with Crippen LogP contribution >= 0.6 is 0 Å². The molecule has 2 aromatic rings. The molecule has 2 bridgehead atoms. The number of nitrogens with one attached hydrogen (secondary N) is 1. The van der Waals surface area contributed by atoms with Gasteiger partial charge >= 0.3 is 0 Å². The lowest BCUT2D eigenvalue weighted by molar-refractivity contribution is 0.0435. The van der Waals surface area contributed by atoms with E-state index in [0.717, 1.165) is 6.20 Å². The predicted octanol–water partition coefficient (Wildman–Crippen LogP) is 1.87. The van der Waals surface area contributed by atoms with Gasteiger partial charge in [0.1, 0.15) is 23.0 Å². The van der Waals surface area contributed by atoms with Crippen molar-refractivity contribution in [1.29, 1.82) is 0 Å². The maximum Gasteiger partial charge on any atom is 0.275 e. The zero-order valence-electron chi connectivity index (χ0n) is 17.6. The molecule has 3 atom stereocenters. The van der Waals surface area contributed by atoms with Crippen LogP contribution in [-0.4, -0.2) is 52.2 Å². The summed E-state index contributed by atoms with van der Waals surface area (Å²) in [5, 5.41) is 12.8. The maximum atomic E-state index is 13.9. The van der Waals surface area contributed by atoms with E-state index in [1.807, 2.05) is 0 Å². The quantitative estimate of drug-likeness (QED) is 0.675. The largest absolute Gasteiger partial charge is 0.503 e. The zero-order valence-corrected chi connectivity index (χ0v) is 17.6. The molecule has 174 valence electrons. The topological polar surface area (TPSA) is 101 Å². The summed E-state index contributed by atoms with van der Waals surface area (Å²) in [7, 11) is 1.47. The number of rotatable bonds is 4. The van der Waals surface area contributed by atoms with E-state index in [1.165, 1.54) is 16.6 Å². The molecule has 2 aliphatic rings. The minimum atomic E-state index is -1.20. The van der Waals surface area contributed by atoms with Gasteiger partial charge in [0.05, 0.1) is 12.1 Å². The number of ether oxygens (including phenoxy) is 1. The molecule has 1 unspecified atom stereocenters. The third kappa shape index (κ3) is 3.78. The lowest BCUT2D eigenvalue weighted by Gasteiger charge is -2.38. The van der Waals surface area contributed by atoms with E-state index >= 15 is 0 Å². The highest BCUT2D eigenvalue weighted by Crippen LogP contribution is 2.33. The molecule has 8 nitrogen and oxygen atoms in total. The number of hydrogen-bond acceptors (Lipinski definition) is 5. The highest BCUT2D eigenvalue weighted by Gasteiger charge is 2.41. The Balaban J connectivity index is 1.72. The number of methoxy groups -OCH3 is 1. The Morgan fingerprint density at radius 3 is 2.52 bits per heavy atom. The van der Waals surface area contributed by atoms with Crippen LogP contribution in [0, 0.1) is 17.5 Å². The molecule has 0 fully saturated rings. The van der Waals surface area contributed by atoms with Gasteiger partial charge in [0.2, 0.25) is 5.43 Å². The first kappa shape index (κ1) is 22.6. The molecular formula is C22H20F3N3O5. The van der Waals surface area contributed by atoms with Crippen LogP contribution in [0.4, 0.5) is 13.2 Å². The molecule has 11 heteroatoms. The van der Waals surface area contributed by atoms with E-state index < -0.39 is 70.3 Å². The van der Waals surface area contributed by atoms with Gasteiger partial charge in [0.15, 0.2) is 11.4 Å². The van der Waals surface area contributed by atoms with Crippen LogP contribution in [0.2, 0.25) is 0 Å². The van der Waals surface area contributed by atoms with E-state index in [0.29, 0.717) is 12.1 Å². The molecule has 1 aromatic heterocycles. The Labute approximate surface area is 185 Å². The van der Waals surface area contributed by atoms with Crippen molar-refractivity contribution in [2.75, 3.05) is 13.7 Å². The number of carbonyl (C=O) groups excluding carboxylic acids is 2. The standard InChI is InChI=1S/C22H20F3N3O5/c1-10-3-4-17(33-2)16-9-27(10)22(32)18-20(30)19(29)13(8-28(16)18)21(31)26-7-12-14(24)5-11(23)6-15(12)25/h3-6,8,10,16-17,30H,7,9H2,1-2H3,(H,26,31)/t10-,16?,17+/m0/s1. The van der Waals surface area contributed by atoms with Crippen LogP contribution in [-0.2, 0) is 11.3 Å². The van der Waals surface area contributed by atoms with Crippen LogP contribution in [0.5, 0.6) is 5.75 Å².